The van der Waals surface area contributed by atoms with Crippen LogP contribution < -0.4 is 0 Å². The summed E-state index contributed by atoms with van der Waals surface area (Å²) in [6, 6.07) is 17.7. The Morgan fingerprint density at radius 1 is 1.00 bits per heavy atom. The average Bonchev–Trinajstić information content (AvgIpc) is 3.15. The van der Waals surface area contributed by atoms with E-state index in [0.29, 0.717) is 31.9 Å². The fourth-order valence-electron chi connectivity index (χ4n) is 5.43. The van der Waals surface area contributed by atoms with Crippen molar-refractivity contribution in [1.82, 2.24) is 14.8 Å². The van der Waals surface area contributed by atoms with Crippen molar-refractivity contribution < 1.29 is 27.5 Å². The second-order valence-corrected chi connectivity index (χ2v) is 10.1. The van der Waals surface area contributed by atoms with E-state index in [9.17, 15) is 22.8 Å². The van der Waals surface area contributed by atoms with Crippen molar-refractivity contribution in [2.45, 2.75) is 24.6 Å². The molecule has 0 bridgehead atoms. The molecule has 4 heterocycles. The lowest BCUT2D eigenvalue weighted by Gasteiger charge is -2.41. The quantitative estimate of drug-likeness (QED) is 0.518. The zero-order chi connectivity index (χ0) is 26.5. The number of alkyl halides is 3. The standard InChI is InChI=1S/C28H25F3N4O3/c29-28(30,31)26(37)34-15-18(16-34)17-35-24(33-27(25(35)36)9-12-38-13-10-27)21-6-3-19(4-7-21)22-8-5-20-2-1-11-32-23(20)14-22/h1-8,11,14,18H,9-10,12-13,15-17H2. The van der Waals surface area contributed by atoms with E-state index in [4.69, 9.17) is 9.73 Å². The highest BCUT2D eigenvalue weighted by molar-refractivity contribution is 6.15. The number of hydrogen-bond acceptors (Lipinski definition) is 5. The van der Waals surface area contributed by atoms with Crippen LogP contribution >= 0.6 is 0 Å². The number of likely N-dealkylation sites (tertiary alicyclic amines) is 1. The second-order valence-electron chi connectivity index (χ2n) is 10.1. The van der Waals surface area contributed by atoms with Crippen molar-refractivity contribution >= 4 is 28.6 Å². The third-order valence-corrected chi connectivity index (χ3v) is 7.55. The van der Waals surface area contributed by atoms with Crippen LogP contribution in [0.3, 0.4) is 0 Å². The van der Waals surface area contributed by atoms with Gasteiger partial charge in [-0.25, -0.2) is 0 Å². The summed E-state index contributed by atoms with van der Waals surface area (Å²) in [5.41, 5.74) is 2.73. The molecule has 7 nitrogen and oxygen atoms in total. The molecule has 3 aromatic rings. The maximum Gasteiger partial charge on any atom is 0.471 e. The minimum absolute atomic E-state index is 0.0412. The van der Waals surface area contributed by atoms with E-state index in [1.54, 1.807) is 11.1 Å². The molecule has 2 aromatic carbocycles. The minimum Gasteiger partial charge on any atom is -0.381 e. The summed E-state index contributed by atoms with van der Waals surface area (Å²) >= 11 is 0. The number of amidine groups is 1. The smallest absolute Gasteiger partial charge is 0.381 e. The number of rotatable bonds is 4. The van der Waals surface area contributed by atoms with Gasteiger partial charge in [0.05, 0.1) is 5.52 Å². The van der Waals surface area contributed by atoms with Crippen LogP contribution in [0, 0.1) is 5.92 Å². The summed E-state index contributed by atoms with van der Waals surface area (Å²) in [4.78, 5) is 36.8. The van der Waals surface area contributed by atoms with E-state index in [1.165, 1.54) is 0 Å². The molecule has 10 heteroatoms. The number of hydrogen-bond donors (Lipinski definition) is 0. The van der Waals surface area contributed by atoms with Crippen LogP contribution in [0.25, 0.3) is 22.0 Å². The first-order chi connectivity index (χ1) is 18.2. The topological polar surface area (TPSA) is 75.1 Å². The van der Waals surface area contributed by atoms with E-state index in [1.807, 2.05) is 54.6 Å². The Morgan fingerprint density at radius 2 is 1.68 bits per heavy atom. The number of amides is 2. The molecule has 3 aliphatic rings. The first kappa shape index (κ1) is 24.5. The Morgan fingerprint density at radius 3 is 2.39 bits per heavy atom. The van der Waals surface area contributed by atoms with Gasteiger partial charge < -0.3 is 9.64 Å². The van der Waals surface area contributed by atoms with Gasteiger partial charge in [-0.3, -0.25) is 24.5 Å². The molecule has 2 saturated heterocycles. The van der Waals surface area contributed by atoms with Crippen LogP contribution in [-0.4, -0.2) is 77.0 Å². The largest absolute Gasteiger partial charge is 0.471 e. The molecule has 196 valence electrons. The van der Waals surface area contributed by atoms with Crippen LogP contribution in [0.4, 0.5) is 13.2 Å². The number of ether oxygens (including phenoxy) is 1. The number of halogens is 3. The van der Waals surface area contributed by atoms with Gasteiger partial charge in [0.1, 0.15) is 11.4 Å². The van der Waals surface area contributed by atoms with Gasteiger partial charge in [0.25, 0.3) is 5.91 Å². The molecule has 6 rings (SSSR count). The summed E-state index contributed by atoms with van der Waals surface area (Å²) in [7, 11) is 0. The number of nitrogens with zero attached hydrogens (tertiary/aromatic N) is 4. The molecule has 0 N–H and O–H groups in total. The Hall–Kier alpha value is -3.79. The maximum atomic E-state index is 13.6. The van der Waals surface area contributed by atoms with Crippen molar-refractivity contribution in [2.24, 2.45) is 10.9 Å². The summed E-state index contributed by atoms with van der Waals surface area (Å²) in [5, 5.41) is 1.05. The molecular formula is C28H25F3N4O3. The summed E-state index contributed by atoms with van der Waals surface area (Å²) in [6.45, 7) is 0.964. The third kappa shape index (κ3) is 4.32. The third-order valence-electron chi connectivity index (χ3n) is 7.55. The first-order valence-electron chi connectivity index (χ1n) is 12.5. The van der Waals surface area contributed by atoms with Gasteiger partial charge in [0.15, 0.2) is 0 Å². The van der Waals surface area contributed by atoms with Gasteiger partial charge in [-0.1, -0.05) is 42.5 Å². The van der Waals surface area contributed by atoms with Gasteiger partial charge in [-0.2, -0.15) is 13.2 Å². The first-order valence-corrected chi connectivity index (χ1v) is 12.5. The molecule has 3 aliphatic heterocycles. The van der Waals surface area contributed by atoms with Gasteiger partial charge in [-0.05, 0) is 23.3 Å². The number of aromatic nitrogens is 1. The predicted molar refractivity (Wildman–Crippen MR) is 134 cm³/mol. The summed E-state index contributed by atoms with van der Waals surface area (Å²) in [5.74, 6) is -1.73. The highest BCUT2D eigenvalue weighted by atomic mass is 19.4. The minimum atomic E-state index is -4.89. The van der Waals surface area contributed by atoms with E-state index < -0.39 is 17.6 Å². The van der Waals surface area contributed by atoms with Crippen molar-refractivity contribution in [1.29, 1.82) is 0 Å². The van der Waals surface area contributed by atoms with Crippen LogP contribution in [0.2, 0.25) is 0 Å². The molecule has 1 spiro atoms. The molecule has 0 unspecified atom stereocenters. The van der Waals surface area contributed by atoms with Crippen LogP contribution in [0.15, 0.2) is 65.8 Å². The number of benzene rings is 2. The van der Waals surface area contributed by atoms with Crippen molar-refractivity contribution in [3.05, 3.63) is 66.4 Å². The lowest BCUT2D eigenvalue weighted by molar-refractivity contribution is -0.191. The van der Waals surface area contributed by atoms with Gasteiger partial charge in [0.2, 0.25) is 0 Å². The fraction of sp³-hybridized carbons (Fsp3) is 0.357. The van der Waals surface area contributed by atoms with Gasteiger partial charge in [-0.15, -0.1) is 0 Å². The van der Waals surface area contributed by atoms with Crippen LogP contribution in [-0.2, 0) is 14.3 Å². The molecule has 0 atom stereocenters. The van der Waals surface area contributed by atoms with Gasteiger partial charge >= 0.3 is 12.1 Å². The molecule has 2 fully saturated rings. The number of carbonyl (C=O) groups is 2. The van der Waals surface area contributed by atoms with E-state index in [2.05, 4.69) is 4.98 Å². The summed E-state index contributed by atoms with van der Waals surface area (Å²) in [6.07, 6.45) is -2.23. The Balaban J connectivity index is 1.25. The molecular weight excluding hydrogens is 497 g/mol. The predicted octanol–water partition coefficient (Wildman–Crippen LogP) is 4.06. The normalized spacial score (nSPS) is 19.7. The van der Waals surface area contributed by atoms with Crippen molar-refractivity contribution in [3.63, 3.8) is 0 Å². The number of carbonyl (C=O) groups excluding carboxylic acids is 2. The van der Waals surface area contributed by atoms with Crippen molar-refractivity contribution in [2.75, 3.05) is 32.8 Å². The SMILES string of the molecule is O=C(N1CC(CN2C(=O)C3(CCOCC3)N=C2c2ccc(-c3ccc4cccnc4c3)cc2)C1)C(F)(F)F. The fourth-order valence-corrected chi connectivity index (χ4v) is 5.43. The Bertz CT molecular complexity index is 1430. The highest BCUT2D eigenvalue weighted by Crippen LogP contribution is 2.36. The lowest BCUT2D eigenvalue weighted by atomic mass is 9.90. The monoisotopic (exact) mass is 522 g/mol. The number of pyridine rings is 1. The molecule has 0 saturated carbocycles. The number of aliphatic imine (C=N–C) groups is 1. The zero-order valence-corrected chi connectivity index (χ0v) is 20.4. The van der Waals surface area contributed by atoms with E-state index in [-0.39, 0.29) is 31.5 Å². The van der Waals surface area contributed by atoms with Crippen LogP contribution in [0.1, 0.15) is 18.4 Å². The van der Waals surface area contributed by atoms with Gasteiger partial charge in [0, 0.05) is 68.8 Å². The lowest BCUT2D eigenvalue weighted by Crippen LogP contribution is -2.58. The van der Waals surface area contributed by atoms with E-state index in [0.717, 1.165) is 32.5 Å². The maximum absolute atomic E-state index is 13.6. The second kappa shape index (κ2) is 9.20. The molecule has 0 radical (unpaired) electrons. The van der Waals surface area contributed by atoms with E-state index >= 15 is 0 Å². The Labute approximate surface area is 216 Å². The molecule has 2 amide bonds. The zero-order valence-electron chi connectivity index (χ0n) is 20.4. The Kier molecular flexibility index (Phi) is 5.94. The van der Waals surface area contributed by atoms with Crippen molar-refractivity contribution in [3.8, 4) is 11.1 Å². The molecule has 1 aromatic heterocycles. The number of fused-ring (bicyclic) bond motifs is 1. The molecule has 0 aliphatic carbocycles. The average molecular weight is 523 g/mol. The van der Waals surface area contributed by atoms with Crippen LogP contribution in [0.5, 0.6) is 0 Å². The molecule has 38 heavy (non-hydrogen) atoms. The summed E-state index contributed by atoms with van der Waals surface area (Å²) < 4.78 is 43.8. The highest BCUT2D eigenvalue weighted by Gasteiger charge is 2.51.